The van der Waals surface area contributed by atoms with Gasteiger partial charge >= 0.3 is 0 Å². The highest BCUT2D eigenvalue weighted by Gasteiger charge is 2.38. The Hall–Kier alpha value is -2.34. The van der Waals surface area contributed by atoms with Crippen molar-refractivity contribution < 1.29 is 4.42 Å². The van der Waals surface area contributed by atoms with Crippen LogP contribution in [0, 0.1) is 17.8 Å². The highest BCUT2D eigenvalue weighted by atomic mass is 35.5. The van der Waals surface area contributed by atoms with Gasteiger partial charge in [-0.25, -0.2) is 4.98 Å². The third kappa shape index (κ3) is 7.23. The van der Waals surface area contributed by atoms with E-state index < -0.39 is 0 Å². The predicted octanol–water partition coefficient (Wildman–Crippen LogP) is 8.65. The lowest BCUT2D eigenvalue weighted by Crippen LogP contribution is -2.37. The van der Waals surface area contributed by atoms with Gasteiger partial charge in [-0.05, 0) is 107 Å². The van der Waals surface area contributed by atoms with Gasteiger partial charge < -0.3 is 14.2 Å². The molecule has 2 heterocycles. The molecule has 42 heavy (non-hydrogen) atoms. The lowest BCUT2D eigenvalue weighted by molar-refractivity contribution is 0.0738. The topological polar surface area (TPSA) is 35.8 Å². The van der Waals surface area contributed by atoms with Gasteiger partial charge in [-0.15, -0.1) is 0 Å². The van der Waals surface area contributed by atoms with E-state index in [9.17, 15) is 0 Å². The first-order valence-electron chi connectivity index (χ1n) is 16.3. The van der Waals surface area contributed by atoms with Crippen LogP contribution in [0.25, 0.3) is 0 Å². The zero-order valence-electron chi connectivity index (χ0n) is 26.4. The summed E-state index contributed by atoms with van der Waals surface area (Å²) in [5, 5.41) is 0.804. The molecular weight excluding hydrogens is 540 g/mol. The highest BCUT2D eigenvalue weighted by molar-refractivity contribution is 6.30. The van der Waals surface area contributed by atoms with Crippen LogP contribution in [-0.2, 0) is 6.42 Å². The summed E-state index contributed by atoms with van der Waals surface area (Å²) in [7, 11) is 4.43. The quantitative estimate of drug-likeness (QED) is 0.223. The minimum Gasteiger partial charge on any atom is -0.423 e. The summed E-state index contributed by atoms with van der Waals surface area (Å²) in [6.45, 7) is 11.0. The van der Waals surface area contributed by atoms with E-state index in [4.69, 9.17) is 21.0 Å². The molecule has 5 nitrogen and oxygen atoms in total. The lowest BCUT2D eigenvalue weighted by atomic mass is 9.73. The third-order valence-electron chi connectivity index (χ3n) is 9.91. The van der Waals surface area contributed by atoms with Crippen LogP contribution in [0.4, 0.5) is 5.88 Å². The third-order valence-corrected chi connectivity index (χ3v) is 10.2. The molecule has 5 rings (SSSR count). The average molecular weight is 591 g/mol. The van der Waals surface area contributed by atoms with E-state index in [0.29, 0.717) is 17.9 Å². The van der Waals surface area contributed by atoms with E-state index in [0.717, 1.165) is 61.0 Å². The zero-order valence-corrected chi connectivity index (χ0v) is 27.2. The van der Waals surface area contributed by atoms with Crippen LogP contribution < -0.4 is 4.90 Å². The van der Waals surface area contributed by atoms with Crippen molar-refractivity contribution in [3.05, 3.63) is 82.3 Å². The van der Waals surface area contributed by atoms with E-state index in [1.807, 2.05) is 12.1 Å². The predicted molar refractivity (Wildman–Crippen MR) is 175 cm³/mol. The smallest absolute Gasteiger partial charge is 0.219 e. The summed E-state index contributed by atoms with van der Waals surface area (Å²) in [5.74, 6) is 3.88. The van der Waals surface area contributed by atoms with Crippen LogP contribution in [0.3, 0.4) is 0 Å². The van der Waals surface area contributed by atoms with E-state index in [1.54, 1.807) is 0 Å². The molecule has 2 unspecified atom stereocenters. The summed E-state index contributed by atoms with van der Waals surface area (Å²) in [5.41, 5.74) is 3.76. The Morgan fingerprint density at radius 2 is 1.45 bits per heavy atom. The molecule has 1 saturated carbocycles. The van der Waals surface area contributed by atoms with Gasteiger partial charge in [0.25, 0.3) is 0 Å². The number of hydrogen-bond acceptors (Lipinski definition) is 5. The monoisotopic (exact) mass is 590 g/mol. The second kappa shape index (κ2) is 14.4. The molecule has 2 fully saturated rings. The summed E-state index contributed by atoms with van der Waals surface area (Å²) >= 11 is 6.23. The van der Waals surface area contributed by atoms with Crippen molar-refractivity contribution in [3.8, 4) is 0 Å². The van der Waals surface area contributed by atoms with Crippen LogP contribution in [0.5, 0.6) is 0 Å². The van der Waals surface area contributed by atoms with Gasteiger partial charge in [-0.3, -0.25) is 4.90 Å². The Balaban J connectivity index is 1.41. The summed E-state index contributed by atoms with van der Waals surface area (Å²) in [6, 6.07) is 19.9. The van der Waals surface area contributed by atoms with Gasteiger partial charge in [0.05, 0.1) is 6.04 Å². The second-order valence-electron chi connectivity index (χ2n) is 12.9. The number of benzene rings is 2. The number of oxazole rings is 1. The molecule has 1 aromatic heterocycles. The molecule has 1 aliphatic heterocycles. The molecule has 6 heteroatoms. The Kier molecular flexibility index (Phi) is 10.7. The molecule has 3 aromatic rings. The number of hydrogen-bond donors (Lipinski definition) is 0. The Bertz CT molecular complexity index is 1220. The van der Waals surface area contributed by atoms with Crippen LogP contribution in [-0.4, -0.2) is 55.1 Å². The van der Waals surface area contributed by atoms with Crippen molar-refractivity contribution in [2.24, 2.45) is 17.8 Å². The average Bonchev–Trinajstić information content (AvgIpc) is 3.41. The van der Waals surface area contributed by atoms with Gasteiger partial charge in [-0.2, -0.15) is 0 Å². The summed E-state index contributed by atoms with van der Waals surface area (Å²) in [6.07, 6.45) is 8.04. The molecule has 2 atom stereocenters. The van der Waals surface area contributed by atoms with E-state index in [-0.39, 0.29) is 6.04 Å². The Morgan fingerprint density at radius 1 is 0.857 bits per heavy atom. The number of piperidine rings is 1. The van der Waals surface area contributed by atoms with E-state index in [2.05, 4.69) is 92.0 Å². The van der Waals surface area contributed by atoms with Crippen molar-refractivity contribution in [1.29, 1.82) is 0 Å². The van der Waals surface area contributed by atoms with Crippen molar-refractivity contribution in [1.82, 2.24) is 14.8 Å². The number of nitrogens with zero attached hydrogens (tertiary/aromatic N) is 4. The number of rotatable bonds is 11. The Morgan fingerprint density at radius 3 is 2.02 bits per heavy atom. The van der Waals surface area contributed by atoms with Gasteiger partial charge in [-0.1, -0.05) is 74.8 Å². The molecule has 0 spiro atoms. The minimum atomic E-state index is 0.210. The molecular formula is C36H51ClN4O. The maximum Gasteiger partial charge on any atom is 0.219 e. The second-order valence-corrected chi connectivity index (χ2v) is 13.4. The first-order valence-corrected chi connectivity index (χ1v) is 16.7. The molecule has 0 bridgehead atoms. The lowest BCUT2D eigenvalue weighted by Gasteiger charge is -2.41. The standard InChI is InChI=1S/C36H51ClN4O/c1-6-40(7-2)34(30-15-13-28(14-16-30)33(39(4)5)29-17-19-31(37)20-18-29)35-38-32(25-27-11-9-8-10-12-27)36(42-35)41-23-21-26(3)22-24-41/h8-12,17-20,26,28,30,33-34H,6-7,13-16,21-25H2,1-5H3. The van der Waals surface area contributed by atoms with Crippen molar-refractivity contribution in [2.75, 3.05) is 45.2 Å². The van der Waals surface area contributed by atoms with Crippen molar-refractivity contribution in [2.45, 2.75) is 77.8 Å². The SMILES string of the molecule is CCN(CC)C(c1nc(Cc2ccccc2)c(N2CCC(C)CC2)o1)C1CCC(C(c2ccc(Cl)cc2)N(C)C)CC1. The molecule has 0 N–H and O–H groups in total. The molecule has 228 valence electrons. The maximum atomic E-state index is 6.91. The summed E-state index contributed by atoms with van der Waals surface area (Å²) in [4.78, 5) is 12.8. The van der Waals surface area contributed by atoms with Crippen molar-refractivity contribution >= 4 is 17.5 Å². The largest absolute Gasteiger partial charge is 0.423 e. The van der Waals surface area contributed by atoms with Crippen LogP contribution >= 0.6 is 11.6 Å². The fourth-order valence-corrected chi connectivity index (χ4v) is 7.68. The Labute approximate surface area is 259 Å². The number of aromatic nitrogens is 1. The fraction of sp³-hybridized carbons (Fsp3) is 0.583. The van der Waals surface area contributed by atoms with Gasteiger partial charge in [0.15, 0.2) is 0 Å². The van der Waals surface area contributed by atoms with Gasteiger partial charge in [0, 0.05) is 30.6 Å². The maximum absolute atomic E-state index is 6.91. The van der Waals surface area contributed by atoms with Crippen LogP contribution in [0.15, 0.2) is 59.0 Å². The first-order chi connectivity index (χ1) is 20.4. The van der Waals surface area contributed by atoms with Crippen LogP contribution in [0.2, 0.25) is 5.02 Å². The van der Waals surface area contributed by atoms with E-state index >= 15 is 0 Å². The van der Waals surface area contributed by atoms with E-state index in [1.165, 1.54) is 49.7 Å². The normalized spacial score (nSPS) is 21.7. The molecule has 1 aliphatic carbocycles. The molecule has 0 radical (unpaired) electrons. The molecule has 1 saturated heterocycles. The number of halogens is 1. The molecule has 2 aliphatic rings. The zero-order chi connectivity index (χ0) is 29.6. The number of anilines is 1. The van der Waals surface area contributed by atoms with Crippen molar-refractivity contribution in [3.63, 3.8) is 0 Å². The highest BCUT2D eigenvalue weighted by Crippen LogP contribution is 2.45. The molecule has 0 amide bonds. The summed E-state index contributed by atoms with van der Waals surface area (Å²) < 4.78 is 6.91. The fourth-order valence-electron chi connectivity index (χ4n) is 7.55. The minimum absolute atomic E-state index is 0.210. The first kappa shape index (κ1) is 31.1. The van der Waals surface area contributed by atoms with Gasteiger partial charge in [0.2, 0.25) is 11.8 Å². The van der Waals surface area contributed by atoms with Gasteiger partial charge in [0.1, 0.15) is 5.69 Å². The van der Waals surface area contributed by atoms with Crippen LogP contribution in [0.1, 0.15) is 94.1 Å². The molecule has 2 aromatic carbocycles.